The molecular formula is C16H24F2N2O2. The van der Waals surface area contributed by atoms with E-state index in [0.717, 1.165) is 12.8 Å². The first-order valence-corrected chi connectivity index (χ1v) is 7.62. The van der Waals surface area contributed by atoms with Gasteiger partial charge in [-0.3, -0.25) is 0 Å². The van der Waals surface area contributed by atoms with Gasteiger partial charge in [0.2, 0.25) is 0 Å². The molecule has 1 aromatic rings. The number of hydrogen-bond acceptors (Lipinski definition) is 2. The van der Waals surface area contributed by atoms with E-state index in [0.29, 0.717) is 12.0 Å². The van der Waals surface area contributed by atoms with Crippen LogP contribution in [0, 0.1) is 0 Å². The van der Waals surface area contributed by atoms with E-state index in [1.165, 1.54) is 6.07 Å². The van der Waals surface area contributed by atoms with Gasteiger partial charge in [-0.1, -0.05) is 39.0 Å². The Morgan fingerprint density at radius 1 is 1.09 bits per heavy atom. The molecular weight excluding hydrogens is 290 g/mol. The van der Waals surface area contributed by atoms with Crippen LogP contribution in [-0.4, -0.2) is 18.7 Å². The Hall–Kier alpha value is -1.85. The highest BCUT2D eigenvalue weighted by molar-refractivity contribution is 5.75. The Morgan fingerprint density at radius 2 is 1.73 bits per heavy atom. The largest absolute Gasteiger partial charge is 0.434 e. The normalized spacial score (nSPS) is 12.3. The summed E-state index contributed by atoms with van der Waals surface area (Å²) in [6, 6.07) is 5.94. The molecule has 4 nitrogen and oxygen atoms in total. The molecule has 0 saturated carbocycles. The number of alkyl halides is 2. The molecule has 0 aromatic heterocycles. The highest BCUT2D eigenvalue weighted by Crippen LogP contribution is 2.28. The number of amides is 2. The molecule has 0 heterocycles. The van der Waals surface area contributed by atoms with Crippen molar-refractivity contribution in [2.24, 2.45) is 0 Å². The van der Waals surface area contributed by atoms with Gasteiger partial charge in [0.15, 0.2) is 0 Å². The standard InChI is InChI=1S/C16H24F2N2O2/c1-4-11(5-2)19-16(21)20-13(6-3)12-9-7-8-10-14(12)22-15(17)18/h7-11,13,15H,4-6H2,1-3H3,(H2,19,20,21). The molecule has 6 heteroatoms. The monoisotopic (exact) mass is 314 g/mol. The third-order valence-electron chi connectivity index (χ3n) is 3.54. The first-order valence-electron chi connectivity index (χ1n) is 7.62. The minimum absolute atomic E-state index is 0.0900. The van der Waals surface area contributed by atoms with Crippen molar-refractivity contribution in [2.75, 3.05) is 0 Å². The molecule has 0 aliphatic rings. The fourth-order valence-electron chi connectivity index (χ4n) is 2.25. The van der Waals surface area contributed by atoms with Crippen molar-refractivity contribution in [1.82, 2.24) is 10.6 Å². The van der Waals surface area contributed by atoms with Crippen LogP contribution in [0.5, 0.6) is 5.75 Å². The van der Waals surface area contributed by atoms with Crippen molar-refractivity contribution >= 4 is 6.03 Å². The molecule has 0 aliphatic heterocycles. The zero-order chi connectivity index (χ0) is 16.5. The van der Waals surface area contributed by atoms with E-state index >= 15 is 0 Å². The topological polar surface area (TPSA) is 50.4 Å². The Morgan fingerprint density at radius 3 is 2.27 bits per heavy atom. The van der Waals surface area contributed by atoms with Crippen LogP contribution in [0.1, 0.15) is 51.6 Å². The quantitative estimate of drug-likeness (QED) is 0.754. The summed E-state index contributed by atoms with van der Waals surface area (Å²) in [7, 11) is 0. The average molecular weight is 314 g/mol. The third kappa shape index (κ3) is 5.50. The molecule has 1 aromatic carbocycles. The maximum Gasteiger partial charge on any atom is 0.387 e. The molecule has 0 bridgehead atoms. The van der Waals surface area contributed by atoms with Gasteiger partial charge in [-0.2, -0.15) is 8.78 Å². The van der Waals surface area contributed by atoms with Gasteiger partial charge in [-0.05, 0) is 25.3 Å². The number of benzene rings is 1. The predicted molar refractivity (Wildman–Crippen MR) is 82.1 cm³/mol. The van der Waals surface area contributed by atoms with E-state index in [4.69, 9.17) is 0 Å². The number of halogens is 2. The molecule has 0 saturated heterocycles. The molecule has 2 N–H and O–H groups in total. The van der Waals surface area contributed by atoms with Gasteiger partial charge in [-0.25, -0.2) is 4.79 Å². The minimum Gasteiger partial charge on any atom is -0.434 e. The number of urea groups is 1. The van der Waals surface area contributed by atoms with E-state index in [-0.39, 0.29) is 23.9 Å². The van der Waals surface area contributed by atoms with Crippen LogP contribution in [0.15, 0.2) is 24.3 Å². The van der Waals surface area contributed by atoms with Crippen LogP contribution in [0.4, 0.5) is 13.6 Å². The molecule has 1 atom stereocenters. The number of rotatable bonds is 8. The predicted octanol–water partition coefficient (Wildman–Crippen LogP) is 4.23. The Bertz CT molecular complexity index is 465. The lowest BCUT2D eigenvalue weighted by molar-refractivity contribution is -0.0506. The number of hydrogen-bond donors (Lipinski definition) is 2. The van der Waals surface area contributed by atoms with Crippen molar-refractivity contribution in [3.63, 3.8) is 0 Å². The number of nitrogens with one attached hydrogen (secondary N) is 2. The summed E-state index contributed by atoms with van der Waals surface area (Å²) in [5.41, 5.74) is 0.546. The van der Waals surface area contributed by atoms with Crippen LogP contribution in [0.2, 0.25) is 0 Å². The van der Waals surface area contributed by atoms with Gasteiger partial charge >= 0.3 is 12.6 Å². The van der Waals surface area contributed by atoms with Gasteiger partial charge in [-0.15, -0.1) is 0 Å². The van der Waals surface area contributed by atoms with Crippen molar-refractivity contribution in [3.05, 3.63) is 29.8 Å². The van der Waals surface area contributed by atoms with Gasteiger partial charge in [0.25, 0.3) is 0 Å². The van der Waals surface area contributed by atoms with E-state index in [1.807, 2.05) is 20.8 Å². The maximum absolute atomic E-state index is 12.5. The highest BCUT2D eigenvalue weighted by atomic mass is 19.3. The van der Waals surface area contributed by atoms with Crippen LogP contribution >= 0.6 is 0 Å². The van der Waals surface area contributed by atoms with Gasteiger partial charge < -0.3 is 15.4 Å². The lowest BCUT2D eigenvalue weighted by Gasteiger charge is -2.22. The molecule has 1 unspecified atom stereocenters. The summed E-state index contributed by atoms with van der Waals surface area (Å²) in [4.78, 5) is 12.0. The van der Waals surface area contributed by atoms with Crippen LogP contribution in [0.3, 0.4) is 0 Å². The fraction of sp³-hybridized carbons (Fsp3) is 0.562. The van der Waals surface area contributed by atoms with E-state index in [1.54, 1.807) is 18.2 Å². The smallest absolute Gasteiger partial charge is 0.387 e. The minimum atomic E-state index is -2.89. The third-order valence-corrected chi connectivity index (χ3v) is 3.54. The Balaban J connectivity index is 2.81. The molecule has 0 aliphatic carbocycles. The zero-order valence-electron chi connectivity index (χ0n) is 13.2. The summed E-state index contributed by atoms with van der Waals surface area (Å²) in [6.07, 6.45) is 2.25. The zero-order valence-corrected chi connectivity index (χ0v) is 13.2. The summed E-state index contributed by atoms with van der Waals surface area (Å²) < 4.78 is 29.5. The molecule has 22 heavy (non-hydrogen) atoms. The lowest BCUT2D eigenvalue weighted by Crippen LogP contribution is -2.43. The van der Waals surface area contributed by atoms with Crippen molar-refractivity contribution in [2.45, 2.75) is 58.7 Å². The molecule has 124 valence electrons. The maximum atomic E-state index is 12.5. The summed E-state index contributed by atoms with van der Waals surface area (Å²) in [5, 5.41) is 5.69. The molecule has 0 spiro atoms. The average Bonchev–Trinajstić information content (AvgIpc) is 2.50. The molecule has 0 fully saturated rings. The van der Waals surface area contributed by atoms with Gasteiger partial charge in [0, 0.05) is 11.6 Å². The van der Waals surface area contributed by atoms with Crippen LogP contribution in [-0.2, 0) is 0 Å². The van der Waals surface area contributed by atoms with Crippen molar-refractivity contribution in [1.29, 1.82) is 0 Å². The number of carbonyl (C=O) groups is 1. The summed E-state index contributed by atoms with van der Waals surface area (Å²) in [6.45, 7) is 2.98. The SMILES string of the molecule is CCC(CC)NC(=O)NC(CC)c1ccccc1OC(F)F. The molecule has 2 amide bonds. The second kappa shape index (κ2) is 9.23. The second-order valence-corrected chi connectivity index (χ2v) is 5.01. The molecule has 1 rings (SSSR count). The van der Waals surface area contributed by atoms with Crippen molar-refractivity contribution < 1.29 is 18.3 Å². The number of carbonyl (C=O) groups excluding carboxylic acids is 1. The summed E-state index contributed by atoms with van der Waals surface area (Å²) in [5.74, 6) is 0.0900. The summed E-state index contributed by atoms with van der Waals surface area (Å²) >= 11 is 0. The Kier molecular flexibility index (Phi) is 7.63. The van der Waals surface area contributed by atoms with E-state index < -0.39 is 6.61 Å². The van der Waals surface area contributed by atoms with Gasteiger partial charge in [0.1, 0.15) is 5.75 Å². The van der Waals surface area contributed by atoms with E-state index in [9.17, 15) is 13.6 Å². The first-order chi connectivity index (χ1) is 10.5. The van der Waals surface area contributed by atoms with Crippen LogP contribution in [0.25, 0.3) is 0 Å². The first kappa shape index (κ1) is 18.2. The molecule has 0 radical (unpaired) electrons. The number of para-hydroxylation sites is 1. The second-order valence-electron chi connectivity index (χ2n) is 5.01. The fourth-order valence-corrected chi connectivity index (χ4v) is 2.25. The van der Waals surface area contributed by atoms with E-state index in [2.05, 4.69) is 15.4 Å². The van der Waals surface area contributed by atoms with Crippen molar-refractivity contribution in [3.8, 4) is 5.75 Å². The highest BCUT2D eigenvalue weighted by Gasteiger charge is 2.19. The van der Waals surface area contributed by atoms with Crippen LogP contribution < -0.4 is 15.4 Å². The van der Waals surface area contributed by atoms with Gasteiger partial charge in [0.05, 0.1) is 6.04 Å². The number of ether oxygens (including phenoxy) is 1. The Labute approximate surface area is 130 Å². The lowest BCUT2D eigenvalue weighted by atomic mass is 10.0.